The molecule has 0 saturated heterocycles. The largest absolute Gasteiger partial charge is 0.481 e. The summed E-state index contributed by atoms with van der Waals surface area (Å²) in [7, 11) is 0. The standard InChI is InChI=1S/C28H28Cl2N4O3/c29-23-2-1-3-24(30)22(23)15-31-28(37)25-16-34-17-33(13-12-26(34)32-25)21-10-8-20(9-11-21)19-6-4-18(5-7-19)14-27(35)36/h1-3,8-13,16,18-19H,4-7,14-15,17H2,(H,31,37)(H,35,36). The Hall–Kier alpha value is -3.29. The molecule has 7 nitrogen and oxygen atoms in total. The number of benzene rings is 2. The molecule has 37 heavy (non-hydrogen) atoms. The first-order chi connectivity index (χ1) is 17.9. The van der Waals surface area contributed by atoms with E-state index in [1.54, 1.807) is 24.4 Å². The van der Waals surface area contributed by atoms with Gasteiger partial charge in [-0.1, -0.05) is 41.4 Å². The van der Waals surface area contributed by atoms with Crippen molar-refractivity contribution in [3.05, 3.63) is 87.6 Å². The summed E-state index contributed by atoms with van der Waals surface area (Å²) in [4.78, 5) is 30.3. The topological polar surface area (TPSA) is 87.5 Å². The quantitative estimate of drug-likeness (QED) is 0.367. The molecule has 1 aromatic heterocycles. The maximum atomic E-state index is 12.7. The van der Waals surface area contributed by atoms with Crippen molar-refractivity contribution < 1.29 is 14.7 Å². The first-order valence-electron chi connectivity index (χ1n) is 12.4. The molecule has 1 aliphatic heterocycles. The zero-order valence-corrected chi connectivity index (χ0v) is 21.8. The lowest BCUT2D eigenvalue weighted by atomic mass is 9.77. The maximum absolute atomic E-state index is 12.7. The van der Waals surface area contributed by atoms with E-state index in [-0.39, 0.29) is 18.9 Å². The Morgan fingerprint density at radius 2 is 1.73 bits per heavy atom. The molecule has 1 saturated carbocycles. The van der Waals surface area contributed by atoms with Gasteiger partial charge in [0.25, 0.3) is 5.91 Å². The number of aromatic nitrogens is 2. The Bertz CT molecular complexity index is 1310. The number of carboxylic acids is 1. The molecule has 1 fully saturated rings. The Morgan fingerprint density at radius 3 is 2.41 bits per heavy atom. The van der Waals surface area contributed by atoms with Crippen LogP contribution in [0, 0.1) is 5.92 Å². The zero-order chi connectivity index (χ0) is 25.9. The van der Waals surface area contributed by atoms with Gasteiger partial charge in [0, 0.05) is 46.7 Å². The van der Waals surface area contributed by atoms with Gasteiger partial charge in [0.15, 0.2) is 0 Å². The van der Waals surface area contributed by atoms with Gasteiger partial charge in [-0.2, -0.15) is 0 Å². The summed E-state index contributed by atoms with van der Waals surface area (Å²) < 4.78 is 1.94. The number of rotatable bonds is 7. The molecule has 2 aliphatic rings. The highest BCUT2D eigenvalue weighted by Crippen LogP contribution is 2.37. The number of nitrogens with zero attached hydrogens (tertiary/aromatic N) is 3. The average Bonchev–Trinajstić information content (AvgIpc) is 3.32. The average molecular weight is 539 g/mol. The van der Waals surface area contributed by atoms with Crippen LogP contribution < -0.4 is 10.2 Å². The number of amides is 1. The summed E-state index contributed by atoms with van der Waals surface area (Å²) in [6.07, 6.45) is 9.90. The molecule has 1 amide bonds. The van der Waals surface area contributed by atoms with Gasteiger partial charge in [0.1, 0.15) is 18.2 Å². The lowest BCUT2D eigenvalue weighted by Gasteiger charge is -2.29. The molecule has 1 aliphatic carbocycles. The first-order valence-corrected chi connectivity index (χ1v) is 13.2. The van der Waals surface area contributed by atoms with E-state index in [1.807, 2.05) is 16.8 Å². The van der Waals surface area contributed by atoms with Crippen LogP contribution in [0.2, 0.25) is 10.0 Å². The minimum Gasteiger partial charge on any atom is -0.481 e. The number of imidazole rings is 1. The molecule has 192 valence electrons. The number of fused-ring (bicyclic) bond motifs is 1. The third kappa shape index (κ3) is 5.84. The van der Waals surface area contributed by atoms with Gasteiger partial charge in [-0.05, 0) is 73.4 Å². The smallest absolute Gasteiger partial charge is 0.303 e. The number of aliphatic carboxylic acids is 1. The lowest BCUT2D eigenvalue weighted by Crippen LogP contribution is -2.24. The number of carbonyl (C=O) groups excluding carboxylic acids is 1. The van der Waals surface area contributed by atoms with Gasteiger partial charge < -0.3 is 19.9 Å². The SMILES string of the molecule is O=C(O)CC1CCC(c2ccc(N3C=Cc4nc(C(=O)NCc5c(Cl)cccc5Cl)cn4C3)cc2)CC1. The van der Waals surface area contributed by atoms with Crippen molar-refractivity contribution in [3.8, 4) is 0 Å². The predicted octanol–water partition coefficient (Wildman–Crippen LogP) is 6.32. The second-order valence-corrected chi connectivity index (χ2v) is 10.5. The van der Waals surface area contributed by atoms with Crippen LogP contribution in [-0.2, 0) is 18.0 Å². The molecule has 5 rings (SSSR count). The van der Waals surface area contributed by atoms with E-state index in [4.69, 9.17) is 28.3 Å². The van der Waals surface area contributed by atoms with Gasteiger partial charge in [-0.25, -0.2) is 4.98 Å². The minimum atomic E-state index is -0.696. The Labute approximate surface area is 225 Å². The van der Waals surface area contributed by atoms with Gasteiger partial charge in [-0.3, -0.25) is 9.59 Å². The molecule has 9 heteroatoms. The highest BCUT2D eigenvalue weighted by atomic mass is 35.5. The Balaban J connectivity index is 1.19. The van der Waals surface area contributed by atoms with Crippen molar-refractivity contribution in [2.24, 2.45) is 5.92 Å². The fourth-order valence-corrected chi connectivity index (χ4v) is 5.70. The number of halogens is 2. The fourth-order valence-electron chi connectivity index (χ4n) is 5.17. The van der Waals surface area contributed by atoms with Crippen molar-refractivity contribution >= 4 is 46.8 Å². The number of carboxylic acid groups (broad SMARTS) is 1. The van der Waals surface area contributed by atoms with Crippen molar-refractivity contribution in [1.82, 2.24) is 14.9 Å². The summed E-state index contributed by atoms with van der Waals surface area (Å²) in [6.45, 7) is 0.761. The van der Waals surface area contributed by atoms with Gasteiger partial charge in [0.05, 0.1) is 0 Å². The third-order valence-electron chi connectivity index (χ3n) is 7.24. The predicted molar refractivity (Wildman–Crippen MR) is 145 cm³/mol. The molecular formula is C28H28Cl2N4O3. The van der Waals surface area contributed by atoms with E-state index < -0.39 is 5.97 Å². The summed E-state index contributed by atoms with van der Waals surface area (Å²) >= 11 is 12.4. The number of hydrogen-bond acceptors (Lipinski definition) is 4. The lowest BCUT2D eigenvalue weighted by molar-refractivity contribution is -0.138. The Kier molecular flexibility index (Phi) is 7.53. The molecular weight excluding hydrogens is 511 g/mol. The van der Waals surface area contributed by atoms with E-state index in [0.717, 1.165) is 31.4 Å². The van der Waals surface area contributed by atoms with E-state index in [9.17, 15) is 9.59 Å². The molecule has 0 atom stereocenters. The molecule has 2 heterocycles. The number of nitrogens with one attached hydrogen (secondary N) is 1. The summed E-state index contributed by atoms with van der Waals surface area (Å²) in [5.41, 5.74) is 3.36. The van der Waals surface area contributed by atoms with Crippen LogP contribution in [0.3, 0.4) is 0 Å². The second-order valence-electron chi connectivity index (χ2n) is 9.67. The third-order valence-corrected chi connectivity index (χ3v) is 7.95. The molecule has 2 N–H and O–H groups in total. The van der Waals surface area contributed by atoms with Crippen LogP contribution in [0.25, 0.3) is 6.08 Å². The maximum Gasteiger partial charge on any atom is 0.303 e. The van der Waals surface area contributed by atoms with Crippen LogP contribution in [-0.4, -0.2) is 26.5 Å². The van der Waals surface area contributed by atoms with Gasteiger partial charge >= 0.3 is 5.97 Å². The van der Waals surface area contributed by atoms with Gasteiger partial charge in [0.2, 0.25) is 0 Å². The second kappa shape index (κ2) is 11.0. The Morgan fingerprint density at radius 1 is 1.03 bits per heavy atom. The molecule has 0 spiro atoms. The molecule has 0 radical (unpaired) electrons. The van der Waals surface area contributed by atoms with E-state index in [0.29, 0.717) is 45.6 Å². The zero-order valence-electron chi connectivity index (χ0n) is 20.2. The molecule has 3 aromatic rings. The molecule has 0 unspecified atom stereocenters. The fraction of sp³-hybridized carbons (Fsp3) is 0.321. The van der Waals surface area contributed by atoms with E-state index in [2.05, 4.69) is 39.5 Å². The highest BCUT2D eigenvalue weighted by molar-refractivity contribution is 6.36. The normalized spacial score (nSPS) is 18.9. The van der Waals surface area contributed by atoms with Crippen molar-refractivity contribution in [1.29, 1.82) is 0 Å². The van der Waals surface area contributed by atoms with Crippen molar-refractivity contribution in [2.75, 3.05) is 4.90 Å². The summed E-state index contributed by atoms with van der Waals surface area (Å²) in [6, 6.07) is 13.8. The van der Waals surface area contributed by atoms with E-state index in [1.165, 1.54) is 5.56 Å². The summed E-state index contributed by atoms with van der Waals surface area (Å²) in [5, 5.41) is 12.9. The first kappa shape index (κ1) is 25.4. The van der Waals surface area contributed by atoms with Crippen LogP contribution in [0.1, 0.15) is 65.5 Å². The van der Waals surface area contributed by atoms with E-state index >= 15 is 0 Å². The number of hydrogen-bond donors (Lipinski definition) is 2. The molecule has 0 bridgehead atoms. The van der Waals surface area contributed by atoms with Crippen LogP contribution in [0.4, 0.5) is 5.69 Å². The highest BCUT2D eigenvalue weighted by Gasteiger charge is 2.24. The van der Waals surface area contributed by atoms with Crippen molar-refractivity contribution in [2.45, 2.75) is 51.2 Å². The summed E-state index contributed by atoms with van der Waals surface area (Å²) in [5.74, 6) is 0.514. The molecule has 2 aromatic carbocycles. The van der Waals surface area contributed by atoms with Crippen molar-refractivity contribution in [3.63, 3.8) is 0 Å². The van der Waals surface area contributed by atoms with Crippen LogP contribution in [0.15, 0.2) is 54.9 Å². The van der Waals surface area contributed by atoms with Crippen LogP contribution in [0.5, 0.6) is 0 Å². The van der Waals surface area contributed by atoms with Gasteiger partial charge in [-0.15, -0.1) is 0 Å². The number of carbonyl (C=O) groups is 2. The minimum absolute atomic E-state index is 0.217. The number of anilines is 1. The van der Waals surface area contributed by atoms with Crippen LogP contribution >= 0.6 is 23.2 Å². The monoisotopic (exact) mass is 538 g/mol.